The van der Waals surface area contributed by atoms with Gasteiger partial charge in [0.2, 0.25) is 0 Å². The van der Waals surface area contributed by atoms with E-state index in [2.05, 4.69) is 0 Å². The summed E-state index contributed by atoms with van der Waals surface area (Å²) in [6, 6.07) is 4.67. The number of nitrogens with two attached hydrogens (primary N) is 1. The first kappa shape index (κ1) is 14.3. The van der Waals surface area contributed by atoms with Gasteiger partial charge >= 0.3 is 5.97 Å². The molecule has 0 saturated heterocycles. The lowest BCUT2D eigenvalue weighted by atomic mass is 10.1. The van der Waals surface area contributed by atoms with Crippen molar-refractivity contribution in [1.82, 2.24) is 4.90 Å². The molecule has 1 aromatic rings. The first-order valence-electron chi connectivity index (χ1n) is 5.44. The topological polar surface area (TPSA) is 83.6 Å². The molecule has 0 atom stereocenters. The van der Waals surface area contributed by atoms with Gasteiger partial charge in [-0.15, -0.1) is 0 Å². The number of nitrogen functional groups attached to an aromatic ring is 1. The minimum Gasteiger partial charge on any atom is -0.481 e. The zero-order chi connectivity index (χ0) is 13.7. The van der Waals surface area contributed by atoms with E-state index >= 15 is 0 Å². The molecule has 0 fully saturated rings. The van der Waals surface area contributed by atoms with Crippen LogP contribution in [0.15, 0.2) is 18.2 Å². The van der Waals surface area contributed by atoms with E-state index in [1.54, 1.807) is 19.2 Å². The maximum absolute atomic E-state index is 12.0. The zero-order valence-corrected chi connectivity index (χ0v) is 10.8. The molecular formula is C12H15ClN2O3. The van der Waals surface area contributed by atoms with Gasteiger partial charge in [0, 0.05) is 25.6 Å². The van der Waals surface area contributed by atoms with Gasteiger partial charge in [0.25, 0.3) is 5.91 Å². The first-order valence-corrected chi connectivity index (χ1v) is 5.82. The van der Waals surface area contributed by atoms with Crippen LogP contribution >= 0.6 is 11.6 Å². The van der Waals surface area contributed by atoms with Crippen molar-refractivity contribution in [2.24, 2.45) is 0 Å². The van der Waals surface area contributed by atoms with Crippen LogP contribution in [0.1, 0.15) is 23.2 Å². The van der Waals surface area contributed by atoms with Crippen molar-refractivity contribution >= 4 is 29.2 Å². The quantitative estimate of drug-likeness (QED) is 0.800. The van der Waals surface area contributed by atoms with Gasteiger partial charge in [-0.05, 0) is 24.6 Å². The Balaban J connectivity index is 2.62. The van der Waals surface area contributed by atoms with Crippen molar-refractivity contribution in [3.63, 3.8) is 0 Å². The third-order valence-electron chi connectivity index (χ3n) is 2.47. The second-order valence-electron chi connectivity index (χ2n) is 3.96. The Labute approximate surface area is 110 Å². The molecular weight excluding hydrogens is 256 g/mol. The van der Waals surface area contributed by atoms with Gasteiger partial charge in [-0.3, -0.25) is 9.59 Å². The molecule has 0 aliphatic carbocycles. The Morgan fingerprint density at radius 2 is 2.11 bits per heavy atom. The molecule has 98 valence electrons. The number of carboxylic acid groups (broad SMARTS) is 1. The molecule has 0 aliphatic rings. The largest absolute Gasteiger partial charge is 0.481 e. The number of benzene rings is 1. The molecule has 1 amide bonds. The number of hydrogen-bond donors (Lipinski definition) is 2. The summed E-state index contributed by atoms with van der Waals surface area (Å²) in [4.78, 5) is 23.8. The number of aliphatic carboxylic acids is 1. The molecule has 0 aromatic heterocycles. The minimum absolute atomic E-state index is 0.0420. The standard InChI is InChI=1S/C12H15ClN2O3/c1-15(6-2-3-11(16)17)12(18)8-4-5-9(13)10(14)7-8/h4-5,7H,2-3,6,14H2,1H3,(H,16,17). The molecule has 0 radical (unpaired) electrons. The smallest absolute Gasteiger partial charge is 0.303 e. The van der Waals surface area contributed by atoms with Gasteiger partial charge in [0.05, 0.1) is 10.7 Å². The lowest BCUT2D eigenvalue weighted by Crippen LogP contribution is -2.28. The Morgan fingerprint density at radius 1 is 1.44 bits per heavy atom. The van der Waals surface area contributed by atoms with Crippen molar-refractivity contribution in [1.29, 1.82) is 0 Å². The van der Waals surface area contributed by atoms with Crippen LogP contribution in [-0.2, 0) is 4.79 Å². The molecule has 0 unspecified atom stereocenters. The van der Waals surface area contributed by atoms with Gasteiger partial charge in [-0.2, -0.15) is 0 Å². The SMILES string of the molecule is CN(CCCC(=O)O)C(=O)c1ccc(Cl)c(N)c1. The van der Waals surface area contributed by atoms with E-state index in [9.17, 15) is 9.59 Å². The number of carbonyl (C=O) groups excluding carboxylic acids is 1. The van der Waals surface area contributed by atoms with Gasteiger partial charge in [0.1, 0.15) is 0 Å². The Hall–Kier alpha value is -1.75. The van der Waals surface area contributed by atoms with E-state index in [1.165, 1.54) is 11.0 Å². The van der Waals surface area contributed by atoms with Crippen molar-refractivity contribution in [3.8, 4) is 0 Å². The summed E-state index contributed by atoms with van der Waals surface area (Å²) < 4.78 is 0. The van der Waals surface area contributed by atoms with E-state index in [4.69, 9.17) is 22.4 Å². The van der Waals surface area contributed by atoms with Gasteiger partial charge in [-0.1, -0.05) is 11.6 Å². The highest BCUT2D eigenvalue weighted by Gasteiger charge is 2.12. The maximum atomic E-state index is 12.0. The third-order valence-corrected chi connectivity index (χ3v) is 2.82. The second kappa shape index (κ2) is 6.26. The summed E-state index contributed by atoms with van der Waals surface area (Å²) in [7, 11) is 1.62. The van der Waals surface area contributed by atoms with Crippen LogP contribution in [0.4, 0.5) is 5.69 Å². The van der Waals surface area contributed by atoms with Crippen LogP contribution in [-0.4, -0.2) is 35.5 Å². The van der Waals surface area contributed by atoms with E-state index in [0.29, 0.717) is 29.2 Å². The molecule has 3 N–H and O–H groups in total. The monoisotopic (exact) mass is 270 g/mol. The van der Waals surface area contributed by atoms with Crippen LogP contribution in [0.25, 0.3) is 0 Å². The molecule has 1 rings (SSSR count). The summed E-state index contributed by atoms with van der Waals surface area (Å²) in [5, 5.41) is 8.92. The number of nitrogens with zero attached hydrogens (tertiary/aromatic N) is 1. The Kier molecular flexibility index (Phi) is 4.97. The van der Waals surface area contributed by atoms with E-state index < -0.39 is 5.97 Å². The lowest BCUT2D eigenvalue weighted by molar-refractivity contribution is -0.137. The van der Waals surface area contributed by atoms with Crippen molar-refractivity contribution in [2.45, 2.75) is 12.8 Å². The lowest BCUT2D eigenvalue weighted by Gasteiger charge is -2.17. The fraction of sp³-hybridized carbons (Fsp3) is 0.333. The number of amides is 1. The average molecular weight is 271 g/mol. The van der Waals surface area contributed by atoms with Gasteiger partial charge in [0.15, 0.2) is 0 Å². The number of carboxylic acids is 1. The molecule has 0 aliphatic heterocycles. The summed E-state index contributed by atoms with van der Waals surface area (Å²) >= 11 is 5.77. The van der Waals surface area contributed by atoms with Crippen molar-refractivity contribution in [2.75, 3.05) is 19.3 Å². The van der Waals surface area contributed by atoms with E-state index in [0.717, 1.165) is 0 Å². The molecule has 0 saturated carbocycles. The number of anilines is 1. The zero-order valence-electron chi connectivity index (χ0n) is 10.0. The number of halogens is 1. The first-order chi connectivity index (χ1) is 8.41. The third kappa shape index (κ3) is 3.92. The molecule has 0 spiro atoms. The van der Waals surface area contributed by atoms with Crippen LogP contribution in [0.5, 0.6) is 0 Å². The molecule has 1 aromatic carbocycles. The fourth-order valence-electron chi connectivity index (χ4n) is 1.47. The van der Waals surface area contributed by atoms with Crippen LogP contribution in [0.2, 0.25) is 5.02 Å². The highest BCUT2D eigenvalue weighted by molar-refractivity contribution is 6.33. The Bertz CT molecular complexity index is 463. The normalized spacial score (nSPS) is 10.1. The van der Waals surface area contributed by atoms with Crippen LogP contribution < -0.4 is 5.73 Å². The summed E-state index contributed by atoms with van der Waals surface area (Å²) in [6.07, 6.45) is 0.459. The van der Waals surface area contributed by atoms with E-state index in [-0.39, 0.29) is 12.3 Å². The highest BCUT2D eigenvalue weighted by Crippen LogP contribution is 2.20. The van der Waals surface area contributed by atoms with Gasteiger partial charge < -0.3 is 15.7 Å². The number of carbonyl (C=O) groups is 2. The second-order valence-corrected chi connectivity index (χ2v) is 4.37. The fourth-order valence-corrected chi connectivity index (χ4v) is 1.58. The highest BCUT2D eigenvalue weighted by atomic mass is 35.5. The molecule has 0 heterocycles. The number of hydrogen-bond acceptors (Lipinski definition) is 3. The number of rotatable bonds is 5. The molecule has 5 nitrogen and oxygen atoms in total. The van der Waals surface area contributed by atoms with Crippen molar-refractivity contribution < 1.29 is 14.7 Å². The minimum atomic E-state index is -0.869. The predicted octanol–water partition coefficient (Wildman–Crippen LogP) is 1.86. The summed E-state index contributed by atoms with van der Waals surface area (Å²) in [5.41, 5.74) is 6.41. The summed E-state index contributed by atoms with van der Waals surface area (Å²) in [5.74, 6) is -1.07. The Morgan fingerprint density at radius 3 is 2.67 bits per heavy atom. The van der Waals surface area contributed by atoms with Gasteiger partial charge in [-0.25, -0.2) is 0 Å². The van der Waals surface area contributed by atoms with Crippen molar-refractivity contribution in [3.05, 3.63) is 28.8 Å². The summed E-state index contributed by atoms with van der Waals surface area (Å²) in [6.45, 7) is 0.383. The maximum Gasteiger partial charge on any atom is 0.303 e. The predicted molar refractivity (Wildman–Crippen MR) is 69.7 cm³/mol. The molecule has 6 heteroatoms. The van der Waals surface area contributed by atoms with Crippen LogP contribution in [0, 0.1) is 0 Å². The average Bonchev–Trinajstić information content (AvgIpc) is 2.31. The van der Waals surface area contributed by atoms with E-state index in [1.807, 2.05) is 0 Å². The molecule has 18 heavy (non-hydrogen) atoms. The van der Waals surface area contributed by atoms with Crippen LogP contribution in [0.3, 0.4) is 0 Å². The molecule has 0 bridgehead atoms.